The summed E-state index contributed by atoms with van der Waals surface area (Å²) in [6, 6.07) is 14.7. The minimum atomic E-state index is 0.142. The number of benzene rings is 1. The normalized spacial score (nSPS) is 12.8. The Morgan fingerprint density at radius 2 is 1.90 bits per heavy atom. The molecule has 1 aromatic heterocycles. The van der Waals surface area contributed by atoms with Gasteiger partial charge in [-0.2, -0.15) is 0 Å². The fraction of sp³-hybridized carbons (Fsp3) is 0.412. The lowest BCUT2D eigenvalue weighted by Crippen LogP contribution is -2.33. The molecule has 0 aliphatic rings. The minimum absolute atomic E-state index is 0.142. The third kappa shape index (κ3) is 3.71. The van der Waals surface area contributed by atoms with Crippen LogP contribution >= 0.6 is 0 Å². The van der Waals surface area contributed by atoms with Crippen LogP contribution in [0.3, 0.4) is 0 Å². The number of nitrogens with zero attached hydrogens (tertiary/aromatic N) is 1. The Hall–Kier alpha value is -1.58. The van der Waals surface area contributed by atoms with E-state index in [-0.39, 0.29) is 6.04 Å². The summed E-state index contributed by atoms with van der Waals surface area (Å²) in [5, 5.41) is 0. The van der Waals surface area contributed by atoms with E-state index in [9.17, 15) is 0 Å². The van der Waals surface area contributed by atoms with Crippen molar-refractivity contribution >= 4 is 0 Å². The zero-order valence-corrected chi connectivity index (χ0v) is 12.4. The second-order valence-electron chi connectivity index (χ2n) is 5.16. The first kappa shape index (κ1) is 14.8. The molecule has 0 spiro atoms. The van der Waals surface area contributed by atoms with Gasteiger partial charge in [-0.15, -0.1) is 0 Å². The van der Waals surface area contributed by atoms with Gasteiger partial charge >= 0.3 is 0 Å². The topological polar surface area (TPSA) is 42.4 Å². The summed E-state index contributed by atoms with van der Waals surface area (Å²) in [5.41, 5.74) is 7.31. The Morgan fingerprint density at radius 3 is 2.45 bits per heavy atom. The highest BCUT2D eigenvalue weighted by Gasteiger charge is 2.21. The van der Waals surface area contributed by atoms with Gasteiger partial charge in [-0.3, -0.25) is 4.90 Å². The van der Waals surface area contributed by atoms with Crippen molar-refractivity contribution in [2.45, 2.75) is 32.9 Å². The summed E-state index contributed by atoms with van der Waals surface area (Å²) in [7, 11) is 0. The SMILES string of the molecule is CCCN(Cc1ccccc1)C(CN)c1ccc(C)o1. The highest BCUT2D eigenvalue weighted by molar-refractivity contribution is 5.16. The van der Waals surface area contributed by atoms with Crippen molar-refractivity contribution in [3.63, 3.8) is 0 Å². The van der Waals surface area contributed by atoms with Crippen molar-refractivity contribution in [1.82, 2.24) is 4.90 Å². The molecule has 20 heavy (non-hydrogen) atoms. The summed E-state index contributed by atoms with van der Waals surface area (Å²) in [6.45, 7) is 6.64. The highest BCUT2D eigenvalue weighted by Crippen LogP contribution is 2.24. The molecule has 1 atom stereocenters. The van der Waals surface area contributed by atoms with Gasteiger partial charge < -0.3 is 10.2 Å². The fourth-order valence-corrected chi connectivity index (χ4v) is 2.53. The van der Waals surface area contributed by atoms with Gasteiger partial charge in [0, 0.05) is 13.1 Å². The first-order valence-corrected chi connectivity index (χ1v) is 7.29. The molecule has 2 aromatic rings. The molecule has 3 heteroatoms. The Labute approximate surface area is 121 Å². The smallest absolute Gasteiger partial charge is 0.122 e. The number of hydrogen-bond acceptors (Lipinski definition) is 3. The lowest BCUT2D eigenvalue weighted by molar-refractivity contribution is 0.170. The van der Waals surface area contributed by atoms with E-state index in [2.05, 4.69) is 36.1 Å². The maximum absolute atomic E-state index is 6.00. The Morgan fingerprint density at radius 1 is 1.15 bits per heavy atom. The van der Waals surface area contributed by atoms with Crippen LogP contribution in [0.15, 0.2) is 46.9 Å². The first-order valence-electron chi connectivity index (χ1n) is 7.29. The number of hydrogen-bond donors (Lipinski definition) is 1. The minimum Gasteiger partial charge on any atom is -0.465 e. The molecule has 1 aromatic carbocycles. The third-order valence-electron chi connectivity index (χ3n) is 3.49. The average molecular weight is 272 g/mol. The van der Waals surface area contributed by atoms with Crippen molar-refractivity contribution < 1.29 is 4.42 Å². The molecule has 2 N–H and O–H groups in total. The molecular weight excluding hydrogens is 248 g/mol. The van der Waals surface area contributed by atoms with Gasteiger partial charge in [0.15, 0.2) is 0 Å². The van der Waals surface area contributed by atoms with Crippen LogP contribution in [0.4, 0.5) is 0 Å². The van der Waals surface area contributed by atoms with Crippen molar-refractivity contribution in [3.05, 3.63) is 59.5 Å². The molecule has 0 saturated carbocycles. The van der Waals surface area contributed by atoms with E-state index in [1.807, 2.05) is 25.1 Å². The number of aryl methyl sites for hydroxylation is 1. The molecule has 0 aliphatic carbocycles. The molecule has 0 bridgehead atoms. The second kappa shape index (κ2) is 7.27. The summed E-state index contributed by atoms with van der Waals surface area (Å²) >= 11 is 0. The van der Waals surface area contributed by atoms with Gasteiger partial charge in [-0.25, -0.2) is 0 Å². The van der Waals surface area contributed by atoms with Crippen molar-refractivity contribution in [2.75, 3.05) is 13.1 Å². The van der Waals surface area contributed by atoms with Gasteiger partial charge in [-0.1, -0.05) is 37.3 Å². The quantitative estimate of drug-likeness (QED) is 0.839. The number of furan rings is 1. The van der Waals surface area contributed by atoms with E-state index in [1.54, 1.807) is 0 Å². The van der Waals surface area contributed by atoms with Crippen LogP contribution in [-0.2, 0) is 6.54 Å². The Balaban J connectivity index is 2.17. The van der Waals surface area contributed by atoms with Gasteiger partial charge in [-0.05, 0) is 37.6 Å². The highest BCUT2D eigenvalue weighted by atomic mass is 16.3. The zero-order chi connectivity index (χ0) is 14.4. The third-order valence-corrected chi connectivity index (χ3v) is 3.49. The maximum Gasteiger partial charge on any atom is 0.122 e. The average Bonchev–Trinajstić information content (AvgIpc) is 2.87. The summed E-state index contributed by atoms with van der Waals surface area (Å²) < 4.78 is 5.78. The number of rotatable bonds is 7. The lowest BCUT2D eigenvalue weighted by atomic mass is 10.1. The van der Waals surface area contributed by atoms with E-state index < -0.39 is 0 Å². The maximum atomic E-state index is 6.00. The van der Waals surface area contributed by atoms with E-state index in [0.717, 1.165) is 31.0 Å². The standard InChI is InChI=1S/C17H24N2O/c1-3-11-19(13-15-7-5-4-6-8-15)16(12-18)17-10-9-14(2)20-17/h4-10,16H,3,11-13,18H2,1-2H3. The molecular formula is C17H24N2O. The Kier molecular flexibility index (Phi) is 5.39. The van der Waals surface area contributed by atoms with Gasteiger partial charge in [0.2, 0.25) is 0 Å². The van der Waals surface area contributed by atoms with Gasteiger partial charge in [0.25, 0.3) is 0 Å². The Bertz CT molecular complexity index is 507. The summed E-state index contributed by atoms with van der Waals surface area (Å²) in [4.78, 5) is 2.40. The van der Waals surface area contributed by atoms with E-state index in [4.69, 9.17) is 10.2 Å². The first-order chi connectivity index (χ1) is 9.74. The van der Waals surface area contributed by atoms with Crippen LogP contribution in [0.1, 0.15) is 36.5 Å². The monoisotopic (exact) mass is 272 g/mol. The molecule has 0 fully saturated rings. The predicted octanol–water partition coefficient (Wildman–Crippen LogP) is 3.50. The molecule has 0 radical (unpaired) electrons. The fourth-order valence-electron chi connectivity index (χ4n) is 2.53. The van der Waals surface area contributed by atoms with E-state index in [1.165, 1.54) is 5.56 Å². The van der Waals surface area contributed by atoms with Crippen LogP contribution in [0.5, 0.6) is 0 Å². The van der Waals surface area contributed by atoms with E-state index >= 15 is 0 Å². The molecule has 1 heterocycles. The number of nitrogens with two attached hydrogens (primary N) is 1. The van der Waals surface area contributed by atoms with Crippen LogP contribution < -0.4 is 5.73 Å². The van der Waals surface area contributed by atoms with Gasteiger partial charge in [0.1, 0.15) is 11.5 Å². The predicted molar refractivity (Wildman–Crippen MR) is 82.4 cm³/mol. The zero-order valence-electron chi connectivity index (χ0n) is 12.4. The summed E-state index contributed by atoms with van der Waals surface area (Å²) in [5.74, 6) is 1.91. The molecule has 0 aliphatic heterocycles. The van der Waals surface area contributed by atoms with Crippen LogP contribution in [0.25, 0.3) is 0 Å². The van der Waals surface area contributed by atoms with Crippen LogP contribution in [0.2, 0.25) is 0 Å². The van der Waals surface area contributed by atoms with Crippen LogP contribution in [0, 0.1) is 6.92 Å². The molecule has 0 saturated heterocycles. The molecule has 1 unspecified atom stereocenters. The van der Waals surface area contributed by atoms with Crippen LogP contribution in [-0.4, -0.2) is 18.0 Å². The molecule has 2 rings (SSSR count). The molecule has 108 valence electrons. The van der Waals surface area contributed by atoms with Crippen molar-refractivity contribution in [1.29, 1.82) is 0 Å². The van der Waals surface area contributed by atoms with Gasteiger partial charge in [0.05, 0.1) is 6.04 Å². The second-order valence-corrected chi connectivity index (χ2v) is 5.16. The van der Waals surface area contributed by atoms with E-state index in [0.29, 0.717) is 6.54 Å². The molecule has 0 amide bonds. The van der Waals surface area contributed by atoms with Crippen molar-refractivity contribution in [2.24, 2.45) is 5.73 Å². The summed E-state index contributed by atoms with van der Waals surface area (Å²) in [6.07, 6.45) is 1.10. The molecule has 3 nitrogen and oxygen atoms in total. The van der Waals surface area contributed by atoms with Crippen molar-refractivity contribution in [3.8, 4) is 0 Å². The largest absolute Gasteiger partial charge is 0.465 e. The lowest BCUT2D eigenvalue weighted by Gasteiger charge is -2.29.